The van der Waals surface area contributed by atoms with Gasteiger partial charge in [-0.25, -0.2) is 0 Å². The lowest BCUT2D eigenvalue weighted by Crippen LogP contribution is -2.10. The van der Waals surface area contributed by atoms with Crippen molar-refractivity contribution in [3.63, 3.8) is 0 Å². The number of hydrogen-bond donors (Lipinski definition) is 1. The molecule has 1 atom stereocenters. The highest BCUT2D eigenvalue weighted by molar-refractivity contribution is 7.27. The van der Waals surface area contributed by atoms with E-state index in [9.17, 15) is 5.11 Å². The summed E-state index contributed by atoms with van der Waals surface area (Å²) in [5.41, 5.74) is 3.85. The molecule has 2 aromatic rings. The molecule has 1 unspecified atom stereocenters. The van der Waals surface area contributed by atoms with E-state index in [-0.39, 0.29) is 0 Å². The Labute approximate surface area is 129 Å². The van der Waals surface area contributed by atoms with Gasteiger partial charge in [-0.1, -0.05) is 50.1 Å². The van der Waals surface area contributed by atoms with E-state index in [4.69, 9.17) is 0 Å². The van der Waals surface area contributed by atoms with E-state index in [0.717, 1.165) is 22.7 Å². The summed E-state index contributed by atoms with van der Waals surface area (Å²) in [6.07, 6.45) is 5.38. The summed E-state index contributed by atoms with van der Waals surface area (Å²) in [6.45, 7) is 2.37. The highest BCUT2D eigenvalue weighted by Gasteiger charge is 2.19. The monoisotopic (exact) mass is 298 g/mol. The Bertz CT molecular complexity index is 610. The fraction of sp³-hybridized carbons (Fsp3) is 0.368. The third kappa shape index (κ3) is 3.30. The van der Waals surface area contributed by atoms with Gasteiger partial charge in [-0.3, -0.25) is 0 Å². The van der Waals surface area contributed by atoms with Crippen LogP contribution in [0.25, 0.3) is 11.1 Å². The first kappa shape index (κ1) is 14.6. The molecule has 0 spiro atoms. The standard InChI is InChI=1S/C19H23OP/c1-13-2-4-14(5-3-13)15-6-8-16(9-7-15)17-10-11-18(20)19(21)12-17/h6-14,20H,2-5,21H2,1H3. The highest BCUT2D eigenvalue weighted by Crippen LogP contribution is 2.36. The molecule has 0 saturated heterocycles. The first-order valence-corrected chi connectivity index (χ1v) is 8.40. The molecule has 0 amide bonds. The predicted octanol–water partition coefficient (Wildman–Crippen LogP) is 4.85. The number of aromatic hydroxyl groups is 1. The van der Waals surface area contributed by atoms with Gasteiger partial charge in [0.05, 0.1) is 0 Å². The minimum Gasteiger partial charge on any atom is -0.507 e. The average molecular weight is 298 g/mol. The SMILES string of the molecule is CC1CCC(c2ccc(-c3ccc(O)c(P)c3)cc2)CC1. The van der Waals surface area contributed by atoms with Gasteiger partial charge in [-0.2, -0.15) is 0 Å². The zero-order valence-corrected chi connectivity index (χ0v) is 13.7. The first-order valence-electron chi connectivity index (χ1n) is 7.82. The summed E-state index contributed by atoms with van der Waals surface area (Å²) in [7, 11) is 2.58. The van der Waals surface area contributed by atoms with Crippen LogP contribution in [0.1, 0.15) is 44.1 Å². The van der Waals surface area contributed by atoms with Gasteiger partial charge in [0.15, 0.2) is 0 Å². The van der Waals surface area contributed by atoms with Crippen molar-refractivity contribution in [2.75, 3.05) is 0 Å². The van der Waals surface area contributed by atoms with Crippen molar-refractivity contribution in [2.45, 2.75) is 38.5 Å². The molecular weight excluding hydrogens is 275 g/mol. The van der Waals surface area contributed by atoms with Crippen LogP contribution in [0.4, 0.5) is 0 Å². The molecule has 0 heterocycles. The van der Waals surface area contributed by atoms with Crippen LogP contribution in [0.2, 0.25) is 0 Å². The molecule has 21 heavy (non-hydrogen) atoms. The summed E-state index contributed by atoms with van der Waals surface area (Å²) in [4.78, 5) is 0. The van der Waals surface area contributed by atoms with Gasteiger partial charge < -0.3 is 5.11 Å². The number of hydrogen-bond acceptors (Lipinski definition) is 1. The molecule has 2 heteroatoms. The normalized spacial score (nSPS) is 22.2. The van der Waals surface area contributed by atoms with E-state index < -0.39 is 0 Å². The maximum atomic E-state index is 9.61. The summed E-state index contributed by atoms with van der Waals surface area (Å²) >= 11 is 0. The van der Waals surface area contributed by atoms with Gasteiger partial charge in [-0.05, 0) is 53.5 Å². The molecule has 1 saturated carbocycles. The second-order valence-electron chi connectivity index (χ2n) is 6.35. The smallest absolute Gasteiger partial charge is 0.122 e. The number of phenolic OH excluding ortho intramolecular Hbond substituents is 1. The number of benzene rings is 2. The van der Waals surface area contributed by atoms with E-state index in [1.54, 1.807) is 6.07 Å². The van der Waals surface area contributed by atoms with Crippen LogP contribution in [-0.2, 0) is 0 Å². The summed E-state index contributed by atoms with van der Waals surface area (Å²) < 4.78 is 0. The average Bonchev–Trinajstić information content (AvgIpc) is 2.51. The Morgan fingerprint density at radius 3 is 2.14 bits per heavy atom. The van der Waals surface area contributed by atoms with Crippen molar-refractivity contribution in [1.29, 1.82) is 0 Å². The fourth-order valence-corrected chi connectivity index (χ4v) is 3.55. The lowest BCUT2D eigenvalue weighted by atomic mass is 9.79. The van der Waals surface area contributed by atoms with Gasteiger partial charge in [-0.15, -0.1) is 9.24 Å². The van der Waals surface area contributed by atoms with E-state index in [1.807, 2.05) is 12.1 Å². The second-order valence-corrected chi connectivity index (χ2v) is 6.97. The maximum Gasteiger partial charge on any atom is 0.122 e. The van der Waals surface area contributed by atoms with Crippen molar-refractivity contribution in [3.8, 4) is 16.9 Å². The van der Waals surface area contributed by atoms with Gasteiger partial charge in [0.25, 0.3) is 0 Å². The van der Waals surface area contributed by atoms with Gasteiger partial charge in [0.1, 0.15) is 5.75 Å². The molecule has 110 valence electrons. The second kappa shape index (κ2) is 6.20. The van der Waals surface area contributed by atoms with Crippen LogP contribution in [-0.4, -0.2) is 5.11 Å². The molecule has 1 aliphatic carbocycles. The quantitative estimate of drug-likeness (QED) is 0.786. The first-order chi connectivity index (χ1) is 10.1. The molecule has 0 aromatic heterocycles. The molecule has 0 radical (unpaired) electrons. The van der Waals surface area contributed by atoms with Crippen molar-refractivity contribution in [2.24, 2.45) is 5.92 Å². The topological polar surface area (TPSA) is 20.2 Å². The Kier molecular flexibility index (Phi) is 4.31. The minimum absolute atomic E-state index is 0.330. The molecule has 3 rings (SSSR count). The largest absolute Gasteiger partial charge is 0.507 e. The zero-order chi connectivity index (χ0) is 14.8. The van der Waals surface area contributed by atoms with Crippen LogP contribution in [0, 0.1) is 5.92 Å². The Hall–Kier alpha value is -1.33. The Balaban J connectivity index is 1.79. The van der Waals surface area contributed by atoms with E-state index >= 15 is 0 Å². The van der Waals surface area contributed by atoms with E-state index in [0.29, 0.717) is 5.75 Å². The molecular formula is C19H23OP. The van der Waals surface area contributed by atoms with Gasteiger partial charge in [0, 0.05) is 5.30 Å². The zero-order valence-electron chi connectivity index (χ0n) is 12.5. The van der Waals surface area contributed by atoms with Crippen molar-refractivity contribution >= 4 is 14.5 Å². The van der Waals surface area contributed by atoms with Crippen molar-refractivity contribution in [3.05, 3.63) is 48.0 Å². The van der Waals surface area contributed by atoms with Crippen LogP contribution in [0.3, 0.4) is 0 Å². The van der Waals surface area contributed by atoms with Crippen LogP contribution in [0.15, 0.2) is 42.5 Å². The molecule has 1 fully saturated rings. The molecule has 0 bridgehead atoms. The summed E-state index contributed by atoms with van der Waals surface area (Å²) in [5, 5.41) is 10.5. The Morgan fingerprint density at radius 2 is 1.52 bits per heavy atom. The van der Waals surface area contributed by atoms with Crippen molar-refractivity contribution in [1.82, 2.24) is 0 Å². The van der Waals surface area contributed by atoms with Crippen LogP contribution in [0.5, 0.6) is 5.75 Å². The molecule has 2 aromatic carbocycles. The third-order valence-corrected chi connectivity index (χ3v) is 5.22. The minimum atomic E-state index is 0.330. The molecule has 0 aliphatic heterocycles. The maximum absolute atomic E-state index is 9.61. The predicted molar refractivity (Wildman–Crippen MR) is 93.3 cm³/mol. The van der Waals surface area contributed by atoms with Crippen LogP contribution >= 0.6 is 9.24 Å². The summed E-state index contributed by atoms with van der Waals surface area (Å²) in [5.74, 6) is 1.97. The summed E-state index contributed by atoms with van der Waals surface area (Å²) in [6, 6.07) is 14.7. The van der Waals surface area contributed by atoms with Gasteiger partial charge in [0.2, 0.25) is 0 Å². The number of phenols is 1. The third-order valence-electron chi connectivity index (χ3n) is 4.76. The van der Waals surface area contributed by atoms with Crippen molar-refractivity contribution < 1.29 is 5.11 Å². The highest BCUT2D eigenvalue weighted by atomic mass is 31.0. The lowest BCUT2D eigenvalue weighted by molar-refractivity contribution is 0.348. The lowest BCUT2D eigenvalue weighted by Gasteiger charge is -2.26. The fourth-order valence-electron chi connectivity index (χ4n) is 3.28. The van der Waals surface area contributed by atoms with Gasteiger partial charge >= 0.3 is 0 Å². The Morgan fingerprint density at radius 1 is 0.905 bits per heavy atom. The molecule has 1 aliphatic rings. The van der Waals surface area contributed by atoms with E-state index in [1.165, 1.54) is 36.8 Å². The molecule has 1 N–H and O–H groups in total. The number of rotatable bonds is 2. The van der Waals surface area contributed by atoms with Crippen LogP contribution < -0.4 is 5.30 Å². The molecule has 1 nitrogen and oxygen atoms in total. The van der Waals surface area contributed by atoms with E-state index in [2.05, 4.69) is 40.4 Å².